The standard InChI is InChI=1S/C13H13N.ClH/c14-10-11-6-8-13(9-7-11)12-4-2-1-3-5-12;/h1-9H,10,14H2;1H. The lowest BCUT2D eigenvalue weighted by Crippen LogP contribution is -1.95. The van der Waals surface area contributed by atoms with E-state index in [1.165, 1.54) is 16.7 Å². The van der Waals surface area contributed by atoms with Crippen LogP contribution in [-0.4, -0.2) is 0 Å². The first-order chi connectivity index (χ1) is 6.90. The molecule has 0 bridgehead atoms. The molecule has 15 heavy (non-hydrogen) atoms. The van der Waals surface area contributed by atoms with Crippen molar-refractivity contribution < 1.29 is 0 Å². The minimum absolute atomic E-state index is 0. The van der Waals surface area contributed by atoms with Crippen LogP contribution in [0.15, 0.2) is 54.6 Å². The van der Waals surface area contributed by atoms with E-state index in [-0.39, 0.29) is 12.4 Å². The van der Waals surface area contributed by atoms with Crippen LogP contribution in [0.4, 0.5) is 0 Å². The average molecular weight is 220 g/mol. The fourth-order valence-corrected chi connectivity index (χ4v) is 1.46. The van der Waals surface area contributed by atoms with E-state index in [1.807, 2.05) is 18.2 Å². The van der Waals surface area contributed by atoms with Crippen LogP contribution in [0.5, 0.6) is 0 Å². The van der Waals surface area contributed by atoms with Crippen molar-refractivity contribution in [2.75, 3.05) is 0 Å². The molecule has 0 aliphatic rings. The van der Waals surface area contributed by atoms with E-state index in [1.54, 1.807) is 0 Å². The average Bonchev–Trinajstić information content (AvgIpc) is 2.30. The van der Waals surface area contributed by atoms with Gasteiger partial charge in [-0.15, -0.1) is 12.4 Å². The summed E-state index contributed by atoms with van der Waals surface area (Å²) in [5.41, 5.74) is 9.19. The molecule has 0 atom stereocenters. The summed E-state index contributed by atoms with van der Waals surface area (Å²) in [6.45, 7) is 0.606. The van der Waals surface area contributed by atoms with E-state index >= 15 is 0 Å². The molecule has 0 aliphatic carbocycles. The number of halogens is 1. The molecule has 0 saturated carbocycles. The van der Waals surface area contributed by atoms with Gasteiger partial charge in [0, 0.05) is 6.54 Å². The van der Waals surface area contributed by atoms with Gasteiger partial charge < -0.3 is 5.73 Å². The maximum Gasteiger partial charge on any atom is 0.0178 e. The highest BCUT2D eigenvalue weighted by Crippen LogP contribution is 2.18. The van der Waals surface area contributed by atoms with Gasteiger partial charge in [-0.3, -0.25) is 0 Å². The third kappa shape index (κ3) is 2.82. The van der Waals surface area contributed by atoms with Crippen molar-refractivity contribution in [1.29, 1.82) is 0 Å². The molecule has 0 fully saturated rings. The molecule has 2 rings (SSSR count). The zero-order valence-electron chi connectivity index (χ0n) is 8.39. The zero-order chi connectivity index (χ0) is 9.80. The van der Waals surface area contributed by atoms with Gasteiger partial charge in [-0.25, -0.2) is 0 Å². The second kappa shape index (κ2) is 5.54. The predicted molar refractivity (Wildman–Crippen MR) is 67.0 cm³/mol. The smallest absolute Gasteiger partial charge is 0.0178 e. The van der Waals surface area contributed by atoms with Crippen LogP contribution in [0.3, 0.4) is 0 Å². The lowest BCUT2D eigenvalue weighted by Gasteiger charge is -2.02. The molecule has 0 aliphatic heterocycles. The van der Waals surface area contributed by atoms with Crippen LogP contribution in [0.1, 0.15) is 5.56 Å². The van der Waals surface area contributed by atoms with Gasteiger partial charge in [-0.1, -0.05) is 54.6 Å². The Bertz CT molecular complexity index is 395. The van der Waals surface area contributed by atoms with Crippen LogP contribution in [0.25, 0.3) is 11.1 Å². The molecule has 78 valence electrons. The third-order valence-corrected chi connectivity index (χ3v) is 2.30. The van der Waals surface area contributed by atoms with Crippen molar-refractivity contribution in [3.63, 3.8) is 0 Å². The molecule has 0 spiro atoms. The zero-order valence-corrected chi connectivity index (χ0v) is 9.21. The Morgan fingerprint density at radius 1 is 0.733 bits per heavy atom. The van der Waals surface area contributed by atoms with Gasteiger partial charge >= 0.3 is 0 Å². The van der Waals surface area contributed by atoms with Crippen molar-refractivity contribution in [3.05, 3.63) is 60.2 Å². The summed E-state index contributed by atoms with van der Waals surface area (Å²) < 4.78 is 0. The minimum Gasteiger partial charge on any atom is -0.326 e. The van der Waals surface area contributed by atoms with Gasteiger partial charge in [0.15, 0.2) is 0 Å². The lowest BCUT2D eigenvalue weighted by molar-refractivity contribution is 1.07. The van der Waals surface area contributed by atoms with Crippen LogP contribution in [-0.2, 0) is 6.54 Å². The fraction of sp³-hybridized carbons (Fsp3) is 0.0769. The summed E-state index contributed by atoms with van der Waals surface area (Å²) >= 11 is 0. The Balaban J connectivity index is 0.00000112. The van der Waals surface area contributed by atoms with Crippen LogP contribution >= 0.6 is 12.4 Å². The third-order valence-electron chi connectivity index (χ3n) is 2.30. The van der Waals surface area contributed by atoms with Gasteiger partial charge in [0.2, 0.25) is 0 Å². The van der Waals surface area contributed by atoms with Crippen molar-refractivity contribution in [2.24, 2.45) is 5.73 Å². The molecule has 0 aromatic heterocycles. The Labute approximate surface area is 96.3 Å². The maximum absolute atomic E-state index is 5.54. The molecule has 2 heteroatoms. The molecular weight excluding hydrogens is 206 g/mol. The number of benzene rings is 2. The molecule has 2 aromatic carbocycles. The molecule has 0 heterocycles. The van der Waals surface area contributed by atoms with Gasteiger partial charge in [0.1, 0.15) is 0 Å². The quantitative estimate of drug-likeness (QED) is 0.825. The summed E-state index contributed by atoms with van der Waals surface area (Å²) in [4.78, 5) is 0. The van der Waals surface area contributed by atoms with Crippen LogP contribution in [0.2, 0.25) is 0 Å². The molecule has 0 unspecified atom stereocenters. The Morgan fingerprint density at radius 2 is 1.27 bits per heavy atom. The Kier molecular flexibility index (Phi) is 4.35. The molecule has 2 N–H and O–H groups in total. The predicted octanol–water partition coefficient (Wildman–Crippen LogP) is 3.23. The van der Waals surface area contributed by atoms with E-state index in [0.717, 1.165) is 0 Å². The number of nitrogens with two attached hydrogens (primary N) is 1. The molecule has 2 aromatic rings. The Morgan fingerprint density at radius 3 is 1.80 bits per heavy atom. The number of hydrogen-bond donors (Lipinski definition) is 1. The molecule has 0 saturated heterocycles. The highest BCUT2D eigenvalue weighted by atomic mass is 35.5. The van der Waals surface area contributed by atoms with Gasteiger partial charge in [-0.05, 0) is 16.7 Å². The second-order valence-corrected chi connectivity index (χ2v) is 3.27. The normalized spacial score (nSPS) is 9.40. The topological polar surface area (TPSA) is 26.0 Å². The van der Waals surface area contributed by atoms with E-state index < -0.39 is 0 Å². The molecular formula is C13H14ClN. The van der Waals surface area contributed by atoms with E-state index in [4.69, 9.17) is 5.73 Å². The molecule has 0 radical (unpaired) electrons. The SMILES string of the molecule is Cl.NCc1ccc(-c2ccccc2)cc1. The van der Waals surface area contributed by atoms with E-state index in [2.05, 4.69) is 36.4 Å². The number of rotatable bonds is 2. The Hall–Kier alpha value is -1.31. The highest BCUT2D eigenvalue weighted by Gasteiger charge is 1.95. The lowest BCUT2D eigenvalue weighted by atomic mass is 10.0. The van der Waals surface area contributed by atoms with Crippen molar-refractivity contribution in [1.82, 2.24) is 0 Å². The van der Waals surface area contributed by atoms with Crippen molar-refractivity contribution >= 4 is 12.4 Å². The van der Waals surface area contributed by atoms with Crippen LogP contribution < -0.4 is 5.73 Å². The monoisotopic (exact) mass is 219 g/mol. The van der Waals surface area contributed by atoms with Crippen molar-refractivity contribution in [3.8, 4) is 11.1 Å². The van der Waals surface area contributed by atoms with Gasteiger partial charge in [-0.2, -0.15) is 0 Å². The first kappa shape index (κ1) is 11.8. The largest absolute Gasteiger partial charge is 0.326 e. The summed E-state index contributed by atoms with van der Waals surface area (Å²) in [6, 6.07) is 18.7. The van der Waals surface area contributed by atoms with E-state index in [0.29, 0.717) is 6.54 Å². The fourth-order valence-electron chi connectivity index (χ4n) is 1.46. The molecule has 0 amide bonds. The van der Waals surface area contributed by atoms with E-state index in [9.17, 15) is 0 Å². The summed E-state index contributed by atoms with van der Waals surface area (Å²) in [5.74, 6) is 0. The van der Waals surface area contributed by atoms with Gasteiger partial charge in [0.25, 0.3) is 0 Å². The summed E-state index contributed by atoms with van der Waals surface area (Å²) in [5, 5.41) is 0. The minimum atomic E-state index is 0. The first-order valence-corrected chi connectivity index (χ1v) is 4.74. The maximum atomic E-state index is 5.54. The highest BCUT2D eigenvalue weighted by molar-refractivity contribution is 5.85. The second-order valence-electron chi connectivity index (χ2n) is 3.27. The van der Waals surface area contributed by atoms with Crippen molar-refractivity contribution in [2.45, 2.75) is 6.54 Å². The summed E-state index contributed by atoms with van der Waals surface area (Å²) in [6.07, 6.45) is 0. The number of hydrogen-bond acceptors (Lipinski definition) is 1. The van der Waals surface area contributed by atoms with Gasteiger partial charge in [0.05, 0.1) is 0 Å². The summed E-state index contributed by atoms with van der Waals surface area (Å²) in [7, 11) is 0. The molecule has 1 nitrogen and oxygen atoms in total. The van der Waals surface area contributed by atoms with Crippen LogP contribution in [0, 0.1) is 0 Å². The first-order valence-electron chi connectivity index (χ1n) is 4.74.